The molecule has 1 heterocycles. The number of halogens is 1. The van der Waals surface area contributed by atoms with E-state index in [9.17, 15) is 9.18 Å². The first-order valence-corrected chi connectivity index (χ1v) is 6.89. The standard InChI is InChI=1S/C15H21FN2O2/c1-10-7-12(16)4-3-11(10)5-6-18-15(19)13-8-20-9-14(13)17-2/h3-4,7,13-14,17H,5-6,8-9H2,1-2H3,(H,18,19). The first kappa shape index (κ1) is 14.9. The molecule has 4 nitrogen and oxygen atoms in total. The van der Waals surface area contributed by atoms with Crippen LogP contribution in [0.2, 0.25) is 0 Å². The number of benzene rings is 1. The SMILES string of the molecule is CNC1COCC1C(=O)NCCc1ccc(F)cc1C. The number of hydrogen-bond donors (Lipinski definition) is 2. The Kier molecular flexibility index (Phi) is 5.09. The monoisotopic (exact) mass is 280 g/mol. The van der Waals surface area contributed by atoms with Crippen LogP contribution in [0.5, 0.6) is 0 Å². The first-order valence-electron chi connectivity index (χ1n) is 6.89. The molecule has 0 aliphatic carbocycles. The van der Waals surface area contributed by atoms with Crippen LogP contribution < -0.4 is 10.6 Å². The van der Waals surface area contributed by atoms with E-state index >= 15 is 0 Å². The number of carbonyl (C=O) groups excluding carboxylic acids is 1. The van der Waals surface area contributed by atoms with Gasteiger partial charge in [-0.1, -0.05) is 6.07 Å². The summed E-state index contributed by atoms with van der Waals surface area (Å²) in [6.45, 7) is 3.47. The van der Waals surface area contributed by atoms with Crippen molar-refractivity contribution >= 4 is 5.91 Å². The maximum absolute atomic E-state index is 13.0. The van der Waals surface area contributed by atoms with Crippen molar-refractivity contribution in [3.8, 4) is 0 Å². The molecule has 1 fully saturated rings. The molecule has 20 heavy (non-hydrogen) atoms. The highest BCUT2D eigenvalue weighted by atomic mass is 19.1. The predicted molar refractivity (Wildman–Crippen MR) is 75.0 cm³/mol. The average Bonchev–Trinajstić information content (AvgIpc) is 2.89. The van der Waals surface area contributed by atoms with E-state index in [1.54, 1.807) is 6.07 Å². The summed E-state index contributed by atoms with van der Waals surface area (Å²) < 4.78 is 18.3. The molecular weight excluding hydrogens is 259 g/mol. The normalized spacial score (nSPS) is 21.9. The summed E-state index contributed by atoms with van der Waals surface area (Å²) in [4.78, 5) is 12.1. The Morgan fingerprint density at radius 3 is 2.95 bits per heavy atom. The van der Waals surface area contributed by atoms with Gasteiger partial charge in [-0.15, -0.1) is 0 Å². The van der Waals surface area contributed by atoms with Crippen molar-refractivity contribution in [3.63, 3.8) is 0 Å². The van der Waals surface area contributed by atoms with Crippen LogP contribution in [0.1, 0.15) is 11.1 Å². The Labute approximate surface area is 118 Å². The summed E-state index contributed by atoms with van der Waals surface area (Å²) in [7, 11) is 1.83. The average molecular weight is 280 g/mol. The highest BCUT2D eigenvalue weighted by Crippen LogP contribution is 2.14. The van der Waals surface area contributed by atoms with Crippen molar-refractivity contribution in [1.82, 2.24) is 10.6 Å². The van der Waals surface area contributed by atoms with E-state index in [-0.39, 0.29) is 23.7 Å². The van der Waals surface area contributed by atoms with Gasteiger partial charge in [0, 0.05) is 12.6 Å². The summed E-state index contributed by atoms with van der Waals surface area (Å²) in [6.07, 6.45) is 0.704. The third kappa shape index (κ3) is 3.55. The molecule has 5 heteroatoms. The summed E-state index contributed by atoms with van der Waals surface area (Å²) in [6, 6.07) is 4.82. The molecule has 0 spiro atoms. The molecule has 0 bridgehead atoms. The number of carbonyl (C=O) groups is 1. The van der Waals surface area contributed by atoms with E-state index in [2.05, 4.69) is 10.6 Å². The zero-order valence-corrected chi connectivity index (χ0v) is 11.9. The molecule has 0 radical (unpaired) electrons. The molecule has 1 aliphatic rings. The van der Waals surface area contributed by atoms with Crippen LogP contribution >= 0.6 is 0 Å². The highest BCUT2D eigenvalue weighted by molar-refractivity contribution is 5.79. The van der Waals surface area contributed by atoms with Gasteiger partial charge in [-0.2, -0.15) is 0 Å². The first-order chi connectivity index (χ1) is 9.61. The topological polar surface area (TPSA) is 50.4 Å². The minimum Gasteiger partial charge on any atom is -0.379 e. The molecule has 2 atom stereocenters. The van der Waals surface area contributed by atoms with Crippen molar-refractivity contribution in [3.05, 3.63) is 35.1 Å². The Bertz CT molecular complexity index is 479. The van der Waals surface area contributed by atoms with Gasteiger partial charge in [0.05, 0.1) is 19.1 Å². The molecule has 1 aliphatic heterocycles. The largest absolute Gasteiger partial charge is 0.379 e. The zero-order valence-electron chi connectivity index (χ0n) is 11.9. The molecule has 2 N–H and O–H groups in total. The van der Waals surface area contributed by atoms with E-state index < -0.39 is 0 Å². The third-order valence-corrected chi connectivity index (χ3v) is 3.79. The molecule has 110 valence electrons. The van der Waals surface area contributed by atoms with Crippen molar-refractivity contribution in [2.45, 2.75) is 19.4 Å². The van der Waals surface area contributed by atoms with Gasteiger partial charge >= 0.3 is 0 Å². The van der Waals surface area contributed by atoms with Crippen LogP contribution in [0.4, 0.5) is 4.39 Å². The molecular formula is C15H21FN2O2. The number of rotatable bonds is 5. The van der Waals surface area contributed by atoms with Gasteiger partial charge in [-0.05, 0) is 43.7 Å². The summed E-state index contributed by atoms with van der Waals surface area (Å²) in [5.41, 5.74) is 1.97. The van der Waals surface area contributed by atoms with Crippen LogP contribution in [-0.4, -0.2) is 38.8 Å². The van der Waals surface area contributed by atoms with Crippen molar-refractivity contribution in [2.24, 2.45) is 5.92 Å². The fourth-order valence-electron chi connectivity index (χ4n) is 2.49. The summed E-state index contributed by atoms with van der Waals surface area (Å²) in [5, 5.41) is 6.02. The molecule has 1 amide bonds. The maximum Gasteiger partial charge on any atom is 0.227 e. The van der Waals surface area contributed by atoms with Gasteiger partial charge in [0.1, 0.15) is 5.82 Å². The van der Waals surface area contributed by atoms with Gasteiger partial charge in [-0.3, -0.25) is 4.79 Å². The third-order valence-electron chi connectivity index (χ3n) is 3.79. The van der Waals surface area contributed by atoms with Gasteiger partial charge in [0.2, 0.25) is 5.91 Å². The van der Waals surface area contributed by atoms with Crippen molar-refractivity contribution in [2.75, 3.05) is 26.8 Å². The molecule has 1 aromatic carbocycles. The van der Waals surface area contributed by atoms with E-state index in [4.69, 9.17) is 4.74 Å². The smallest absolute Gasteiger partial charge is 0.227 e. The zero-order chi connectivity index (χ0) is 14.5. The van der Waals surface area contributed by atoms with E-state index in [1.165, 1.54) is 12.1 Å². The fourth-order valence-corrected chi connectivity index (χ4v) is 2.49. The molecule has 1 saturated heterocycles. The number of ether oxygens (including phenoxy) is 1. The molecule has 2 unspecified atom stereocenters. The second kappa shape index (κ2) is 6.81. The van der Waals surface area contributed by atoms with Gasteiger partial charge in [0.25, 0.3) is 0 Å². The van der Waals surface area contributed by atoms with Crippen LogP contribution in [0.25, 0.3) is 0 Å². The van der Waals surface area contributed by atoms with Crippen LogP contribution in [-0.2, 0) is 16.0 Å². The maximum atomic E-state index is 13.0. The lowest BCUT2D eigenvalue weighted by Crippen LogP contribution is -2.43. The predicted octanol–water partition coefficient (Wildman–Crippen LogP) is 1.03. The fraction of sp³-hybridized carbons (Fsp3) is 0.533. The lowest BCUT2D eigenvalue weighted by atomic mass is 10.0. The lowest BCUT2D eigenvalue weighted by molar-refractivity contribution is -0.125. The van der Waals surface area contributed by atoms with Gasteiger partial charge in [0.15, 0.2) is 0 Å². The number of likely N-dealkylation sites (N-methyl/N-ethyl adjacent to an activating group) is 1. The number of aryl methyl sites for hydroxylation is 1. The number of hydrogen-bond acceptors (Lipinski definition) is 3. The minimum atomic E-state index is -0.227. The van der Waals surface area contributed by atoms with Gasteiger partial charge in [-0.25, -0.2) is 4.39 Å². The molecule has 2 rings (SSSR count). The Hall–Kier alpha value is -1.46. The second-order valence-electron chi connectivity index (χ2n) is 5.15. The van der Waals surface area contributed by atoms with Gasteiger partial charge < -0.3 is 15.4 Å². The van der Waals surface area contributed by atoms with E-state index in [0.717, 1.165) is 11.1 Å². The molecule has 0 aromatic heterocycles. The summed E-state index contributed by atoms with van der Waals surface area (Å²) in [5.74, 6) is -0.341. The number of nitrogens with one attached hydrogen (secondary N) is 2. The van der Waals surface area contributed by atoms with Crippen LogP contribution in [0.15, 0.2) is 18.2 Å². The number of amides is 1. The Morgan fingerprint density at radius 1 is 1.45 bits per heavy atom. The van der Waals surface area contributed by atoms with Crippen molar-refractivity contribution in [1.29, 1.82) is 0 Å². The Morgan fingerprint density at radius 2 is 2.25 bits per heavy atom. The van der Waals surface area contributed by atoms with Crippen molar-refractivity contribution < 1.29 is 13.9 Å². The summed E-state index contributed by atoms with van der Waals surface area (Å²) >= 11 is 0. The molecule has 1 aromatic rings. The van der Waals surface area contributed by atoms with Crippen LogP contribution in [0.3, 0.4) is 0 Å². The van der Waals surface area contributed by atoms with E-state index in [1.807, 2.05) is 14.0 Å². The highest BCUT2D eigenvalue weighted by Gasteiger charge is 2.32. The second-order valence-corrected chi connectivity index (χ2v) is 5.15. The van der Waals surface area contributed by atoms with Crippen LogP contribution in [0, 0.1) is 18.7 Å². The minimum absolute atomic E-state index is 0.0154. The molecule has 0 saturated carbocycles. The lowest BCUT2D eigenvalue weighted by Gasteiger charge is -2.16. The Balaban J connectivity index is 1.82. The van der Waals surface area contributed by atoms with E-state index in [0.29, 0.717) is 26.2 Å². The quantitative estimate of drug-likeness (QED) is 0.847.